The number of hydrogen-bond acceptors (Lipinski definition) is 4. The number of nitrogens with one attached hydrogen (secondary N) is 1. The highest BCUT2D eigenvalue weighted by Gasteiger charge is 2.14. The number of carbonyl (C=O) groups is 1. The summed E-state index contributed by atoms with van der Waals surface area (Å²) in [7, 11) is 0. The number of amides is 1. The third-order valence-electron chi connectivity index (χ3n) is 3.38. The second-order valence-corrected chi connectivity index (χ2v) is 7.13. The molecule has 0 fully saturated rings. The number of rotatable bonds is 5. The van der Waals surface area contributed by atoms with Crippen LogP contribution in [0.2, 0.25) is 0 Å². The molecule has 0 saturated heterocycles. The SMILES string of the molecule is CCCSc1ncc(Br)c(C(=O)Nc2ccc3ccccc3c2)n1. The van der Waals surface area contributed by atoms with Gasteiger partial charge in [0.15, 0.2) is 5.16 Å². The van der Waals surface area contributed by atoms with Crippen LogP contribution in [0, 0.1) is 0 Å². The molecule has 1 amide bonds. The van der Waals surface area contributed by atoms with Gasteiger partial charge in [0.25, 0.3) is 5.91 Å². The van der Waals surface area contributed by atoms with Gasteiger partial charge in [0, 0.05) is 17.6 Å². The molecule has 0 aliphatic carbocycles. The summed E-state index contributed by atoms with van der Waals surface area (Å²) in [4.78, 5) is 21.1. The van der Waals surface area contributed by atoms with Gasteiger partial charge in [-0.25, -0.2) is 9.97 Å². The van der Waals surface area contributed by atoms with Crippen LogP contribution in [-0.2, 0) is 0 Å². The van der Waals surface area contributed by atoms with Crippen LogP contribution in [0.25, 0.3) is 10.8 Å². The fraction of sp³-hybridized carbons (Fsp3) is 0.167. The maximum absolute atomic E-state index is 12.6. The van der Waals surface area contributed by atoms with Crippen LogP contribution in [0.3, 0.4) is 0 Å². The number of halogens is 1. The fourth-order valence-corrected chi connectivity index (χ4v) is 3.27. The largest absolute Gasteiger partial charge is 0.321 e. The highest BCUT2D eigenvalue weighted by atomic mass is 79.9. The van der Waals surface area contributed by atoms with Crippen molar-refractivity contribution in [3.8, 4) is 0 Å². The summed E-state index contributed by atoms with van der Waals surface area (Å²) in [6, 6.07) is 13.9. The number of aromatic nitrogens is 2. The number of thioether (sulfide) groups is 1. The molecular formula is C18H16BrN3OS. The van der Waals surface area contributed by atoms with Crippen LogP contribution in [0.5, 0.6) is 0 Å². The molecule has 24 heavy (non-hydrogen) atoms. The summed E-state index contributed by atoms with van der Waals surface area (Å²) in [5.74, 6) is 0.672. The molecule has 0 aliphatic heterocycles. The molecule has 1 N–H and O–H groups in total. The topological polar surface area (TPSA) is 54.9 Å². The Bertz CT molecular complexity index is 885. The Balaban J connectivity index is 1.82. The normalized spacial score (nSPS) is 10.8. The zero-order valence-electron chi connectivity index (χ0n) is 13.1. The molecule has 1 heterocycles. The molecular weight excluding hydrogens is 386 g/mol. The number of anilines is 1. The minimum atomic E-state index is -0.252. The molecule has 1 aromatic heterocycles. The van der Waals surface area contributed by atoms with Crippen LogP contribution in [0.1, 0.15) is 23.8 Å². The second-order valence-electron chi connectivity index (χ2n) is 5.21. The predicted octanol–water partition coefficient (Wildman–Crippen LogP) is 5.15. The van der Waals surface area contributed by atoms with Crippen molar-refractivity contribution >= 4 is 50.1 Å². The first kappa shape index (κ1) is 16.9. The standard InChI is InChI=1S/C18H16BrN3OS/c1-2-9-24-18-20-11-15(19)16(22-18)17(23)21-14-8-7-12-5-3-4-6-13(12)10-14/h3-8,10-11H,2,9H2,1H3,(H,21,23). The van der Waals surface area contributed by atoms with Crippen molar-refractivity contribution in [2.75, 3.05) is 11.1 Å². The lowest BCUT2D eigenvalue weighted by Gasteiger charge is -2.08. The van der Waals surface area contributed by atoms with Gasteiger partial charge in [-0.1, -0.05) is 49.0 Å². The minimum absolute atomic E-state index is 0.252. The van der Waals surface area contributed by atoms with Crippen molar-refractivity contribution in [1.82, 2.24) is 9.97 Å². The van der Waals surface area contributed by atoms with Gasteiger partial charge >= 0.3 is 0 Å². The minimum Gasteiger partial charge on any atom is -0.321 e. The second kappa shape index (κ2) is 7.77. The van der Waals surface area contributed by atoms with E-state index in [1.807, 2.05) is 42.5 Å². The molecule has 4 nitrogen and oxygen atoms in total. The third-order valence-corrected chi connectivity index (χ3v) is 5.03. The summed E-state index contributed by atoms with van der Waals surface area (Å²) in [5, 5.41) is 5.74. The molecule has 0 aliphatic rings. The molecule has 2 aromatic carbocycles. The van der Waals surface area contributed by atoms with Crippen molar-refractivity contribution in [3.63, 3.8) is 0 Å². The molecule has 0 radical (unpaired) electrons. The third kappa shape index (κ3) is 3.94. The summed E-state index contributed by atoms with van der Waals surface area (Å²) in [6.07, 6.45) is 2.66. The maximum Gasteiger partial charge on any atom is 0.275 e. The van der Waals surface area contributed by atoms with Gasteiger partial charge in [-0.15, -0.1) is 0 Å². The predicted molar refractivity (Wildman–Crippen MR) is 103 cm³/mol. The smallest absolute Gasteiger partial charge is 0.275 e. The van der Waals surface area contributed by atoms with Crippen molar-refractivity contribution in [2.45, 2.75) is 18.5 Å². The highest BCUT2D eigenvalue weighted by molar-refractivity contribution is 9.10. The average Bonchev–Trinajstić information content (AvgIpc) is 2.61. The van der Waals surface area contributed by atoms with Crippen molar-refractivity contribution < 1.29 is 4.79 Å². The molecule has 3 rings (SSSR count). The summed E-state index contributed by atoms with van der Waals surface area (Å²) >= 11 is 4.90. The molecule has 3 aromatic rings. The van der Waals surface area contributed by atoms with E-state index in [1.54, 1.807) is 18.0 Å². The summed E-state index contributed by atoms with van der Waals surface area (Å²) in [5.41, 5.74) is 1.09. The Morgan fingerprint density at radius 1 is 1.21 bits per heavy atom. The Labute approximate surface area is 153 Å². The van der Waals surface area contributed by atoms with Gasteiger partial charge in [0.05, 0.1) is 4.47 Å². The van der Waals surface area contributed by atoms with Gasteiger partial charge in [0.1, 0.15) is 5.69 Å². The lowest BCUT2D eigenvalue weighted by molar-refractivity contribution is 0.102. The van der Waals surface area contributed by atoms with E-state index in [-0.39, 0.29) is 5.91 Å². The molecule has 0 spiro atoms. The van der Waals surface area contributed by atoms with Crippen molar-refractivity contribution in [1.29, 1.82) is 0 Å². The van der Waals surface area contributed by atoms with E-state index in [2.05, 4.69) is 38.1 Å². The van der Waals surface area contributed by atoms with Crippen LogP contribution >= 0.6 is 27.7 Å². The zero-order valence-corrected chi connectivity index (χ0v) is 15.5. The average molecular weight is 402 g/mol. The molecule has 0 unspecified atom stereocenters. The number of nitrogens with zero attached hydrogens (tertiary/aromatic N) is 2. The van der Waals surface area contributed by atoms with Crippen molar-refractivity contribution in [3.05, 3.63) is 58.8 Å². The number of fused-ring (bicyclic) bond motifs is 1. The first-order valence-electron chi connectivity index (χ1n) is 7.63. The van der Waals surface area contributed by atoms with E-state index in [9.17, 15) is 4.79 Å². The van der Waals surface area contributed by atoms with Crippen molar-refractivity contribution in [2.24, 2.45) is 0 Å². The summed E-state index contributed by atoms with van der Waals surface area (Å²) < 4.78 is 0.585. The lowest BCUT2D eigenvalue weighted by Crippen LogP contribution is -2.15. The van der Waals surface area contributed by atoms with Crippen LogP contribution in [0.4, 0.5) is 5.69 Å². The first-order valence-corrected chi connectivity index (χ1v) is 9.40. The van der Waals surface area contributed by atoms with E-state index in [0.717, 1.165) is 28.6 Å². The zero-order chi connectivity index (χ0) is 16.9. The van der Waals surface area contributed by atoms with E-state index >= 15 is 0 Å². The molecule has 0 atom stereocenters. The fourth-order valence-electron chi connectivity index (χ4n) is 2.23. The van der Waals surface area contributed by atoms with Crippen LogP contribution < -0.4 is 5.32 Å². The van der Waals surface area contributed by atoms with E-state index in [4.69, 9.17) is 0 Å². The quantitative estimate of drug-likeness (QED) is 0.474. The molecule has 122 valence electrons. The van der Waals surface area contributed by atoms with Gasteiger partial charge in [-0.2, -0.15) is 0 Å². The van der Waals surface area contributed by atoms with E-state index in [1.165, 1.54) is 0 Å². The lowest BCUT2D eigenvalue weighted by atomic mass is 10.1. The van der Waals surface area contributed by atoms with E-state index in [0.29, 0.717) is 15.3 Å². The monoisotopic (exact) mass is 401 g/mol. The van der Waals surface area contributed by atoms with Crippen LogP contribution in [0.15, 0.2) is 58.3 Å². The Kier molecular flexibility index (Phi) is 5.48. The highest BCUT2D eigenvalue weighted by Crippen LogP contribution is 2.22. The first-order chi connectivity index (χ1) is 11.7. The number of hydrogen-bond donors (Lipinski definition) is 1. The Hall–Kier alpha value is -1.92. The molecule has 0 bridgehead atoms. The van der Waals surface area contributed by atoms with Gasteiger partial charge < -0.3 is 5.32 Å². The summed E-state index contributed by atoms with van der Waals surface area (Å²) in [6.45, 7) is 2.10. The van der Waals surface area contributed by atoms with Crippen LogP contribution in [-0.4, -0.2) is 21.6 Å². The van der Waals surface area contributed by atoms with Gasteiger partial charge in [-0.05, 0) is 45.3 Å². The van der Waals surface area contributed by atoms with E-state index < -0.39 is 0 Å². The molecule has 0 saturated carbocycles. The number of carbonyl (C=O) groups excluding carboxylic acids is 1. The maximum atomic E-state index is 12.6. The van der Waals surface area contributed by atoms with Gasteiger partial charge in [-0.3, -0.25) is 4.79 Å². The molecule has 6 heteroatoms. The Morgan fingerprint density at radius 2 is 2.00 bits per heavy atom. The Morgan fingerprint density at radius 3 is 2.79 bits per heavy atom. The number of benzene rings is 2. The van der Waals surface area contributed by atoms with Gasteiger partial charge in [0.2, 0.25) is 0 Å².